The Morgan fingerprint density at radius 2 is 2.00 bits per heavy atom. The van der Waals surface area contributed by atoms with Gasteiger partial charge in [-0.05, 0) is 30.4 Å². The molecule has 3 nitrogen and oxygen atoms in total. The molecule has 116 valence electrons. The molecule has 0 saturated carbocycles. The first-order chi connectivity index (χ1) is 10.0. The van der Waals surface area contributed by atoms with Crippen molar-refractivity contribution in [3.05, 3.63) is 35.4 Å². The van der Waals surface area contributed by atoms with Crippen molar-refractivity contribution >= 4 is 5.78 Å². The third-order valence-corrected chi connectivity index (χ3v) is 4.54. The monoisotopic (exact) mass is 289 g/mol. The number of Topliss-reactive ketones (excluding diaryl/α,β-unsaturated/α-hetero) is 1. The molecule has 1 saturated heterocycles. The molecule has 2 atom stereocenters. The van der Waals surface area contributed by atoms with Crippen LogP contribution in [0.15, 0.2) is 24.3 Å². The quantitative estimate of drug-likeness (QED) is 0.779. The van der Waals surface area contributed by atoms with Crippen molar-refractivity contribution in [2.75, 3.05) is 26.7 Å². The number of hydrogen-bond acceptors (Lipinski definition) is 3. The van der Waals surface area contributed by atoms with E-state index in [-0.39, 0.29) is 11.9 Å². The van der Waals surface area contributed by atoms with Gasteiger partial charge in [0.25, 0.3) is 0 Å². The van der Waals surface area contributed by atoms with Gasteiger partial charge in [0, 0.05) is 19.2 Å². The predicted molar refractivity (Wildman–Crippen MR) is 85.9 cm³/mol. The van der Waals surface area contributed by atoms with E-state index in [1.54, 1.807) is 7.11 Å². The third kappa shape index (κ3) is 4.14. The number of methoxy groups -OCH3 is 1. The lowest BCUT2D eigenvalue weighted by Gasteiger charge is -2.35. The van der Waals surface area contributed by atoms with Crippen LogP contribution >= 0.6 is 0 Å². The van der Waals surface area contributed by atoms with Crippen LogP contribution in [0.25, 0.3) is 0 Å². The fraction of sp³-hybridized carbons (Fsp3) is 0.611. The Kier molecular flexibility index (Phi) is 5.54. The van der Waals surface area contributed by atoms with Crippen molar-refractivity contribution in [2.45, 2.75) is 39.2 Å². The summed E-state index contributed by atoms with van der Waals surface area (Å²) in [6.07, 6.45) is 1.34. The number of carbonyl (C=O) groups is 1. The number of ether oxygens (including phenoxy) is 1. The van der Waals surface area contributed by atoms with Gasteiger partial charge in [0.1, 0.15) is 0 Å². The van der Waals surface area contributed by atoms with Gasteiger partial charge in [-0.25, -0.2) is 0 Å². The number of ketones is 1. The standard InChI is InChI=1S/C18H27NO2/c1-13(2)15-5-7-16(8-6-15)17(20)11-19-10-9-14(3)18(12-19)21-4/h5-8,13-14,18H,9-12H2,1-4H3. The highest BCUT2D eigenvalue weighted by atomic mass is 16.5. The molecule has 1 heterocycles. The molecule has 2 rings (SSSR count). The van der Waals surface area contributed by atoms with Crippen LogP contribution in [-0.4, -0.2) is 43.5 Å². The number of hydrogen-bond donors (Lipinski definition) is 0. The average molecular weight is 289 g/mol. The molecule has 21 heavy (non-hydrogen) atoms. The summed E-state index contributed by atoms with van der Waals surface area (Å²) in [5.41, 5.74) is 2.09. The highest BCUT2D eigenvalue weighted by molar-refractivity contribution is 5.97. The molecule has 0 amide bonds. The number of nitrogens with zero attached hydrogens (tertiary/aromatic N) is 1. The fourth-order valence-corrected chi connectivity index (χ4v) is 2.90. The Bertz CT molecular complexity index is 467. The first-order valence-electron chi connectivity index (χ1n) is 7.89. The van der Waals surface area contributed by atoms with Crippen molar-refractivity contribution in [1.29, 1.82) is 0 Å². The zero-order valence-corrected chi connectivity index (χ0v) is 13.6. The van der Waals surface area contributed by atoms with Crippen molar-refractivity contribution in [1.82, 2.24) is 4.90 Å². The zero-order valence-electron chi connectivity index (χ0n) is 13.6. The molecule has 0 aliphatic carbocycles. The summed E-state index contributed by atoms with van der Waals surface area (Å²) in [4.78, 5) is 14.6. The number of carbonyl (C=O) groups excluding carboxylic acids is 1. The summed E-state index contributed by atoms with van der Waals surface area (Å²) < 4.78 is 5.51. The van der Waals surface area contributed by atoms with E-state index in [9.17, 15) is 4.79 Å². The molecule has 0 radical (unpaired) electrons. The maximum atomic E-state index is 12.4. The Labute approximate surface area is 128 Å². The molecule has 0 aromatic heterocycles. The van der Waals surface area contributed by atoms with E-state index in [0.29, 0.717) is 18.4 Å². The number of likely N-dealkylation sites (tertiary alicyclic amines) is 1. The van der Waals surface area contributed by atoms with Crippen molar-refractivity contribution in [2.24, 2.45) is 5.92 Å². The average Bonchev–Trinajstić information content (AvgIpc) is 2.49. The smallest absolute Gasteiger partial charge is 0.176 e. The van der Waals surface area contributed by atoms with E-state index < -0.39 is 0 Å². The SMILES string of the molecule is COC1CN(CC(=O)c2ccc(C(C)C)cc2)CCC1C. The normalized spacial score (nSPS) is 23.5. The molecular formula is C18H27NO2. The van der Waals surface area contributed by atoms with Crippen LogP contribution in [0, 0.1) is 5.92 Å². The molecule has 0 spiro atoms. The highest BCUT2D eigenvalue weighted by Crippen LogP contribution is 2.20. The summed E-state index contributed by atoms with van der Waals surface area (Å²) in [5, 5.41) is 0. The van der Waals surface area contributed by atoms with Crippen molar-refractivity contribution in [3.8, 4) is 0 Å². The van der Waals surface area contributed by atoms with Gasteiger partial charge in [-0.2, -0.15) is 0 Å². The second-order valence-corrected chi connectivity index (χ2v) is 6.48. The number of rotatable bonds is 5. The summed E-state index contributed by atoms with van der Waals surface area (Å²) >= 11 is 0. The third-order valence-electron chi connectivity index (χ3n) is 4.54. The second-order valence-electron chi connectivity index (χ2n) is 6.48. The van der Waals surface area contributed by atoms with Crippen LogP contribution < -0.4 is 0 Å². The Hall–Kier alpha value is -1.19. The van der Waals surface area contributed by atoms with E-state index in [0.717, 1.165) is 25.1 Å². The molecule has 1 aliphatic heterocycles. The lowest BCUT2D eigenvalue weighted by atomic mass is 9.95. The molecule has 1 aromatic rings. The van der Waals surface area contributed by atoms with Crippen molar-refractivity contribution < 1.29 is 9.53 Å². The lowest BCUT2D eigenvalue weighted by Crippen LogP contribution is -2.45. The fourth-order valence-electron chi connectivity index (χ4n) is 2.90. The summed E-state index contributed by atoms with van der Waals surface area (Å²) in [7, 11) is 1.76. The predicted octanol–water partition coefficient (Wildman–Crippen LogP) is 3.35. The van der Waals surface area contributed by atoms with Crippen LogP contribution in [0.4, 0.5) is 0 Å². The molecule has 2 unspecified atom stereocenters. The molecule has 0 N–H and O–H groups in total. The van der Waals surface area contributed by atoms with E-state index in [1.165, 1.54) is 5.56 Å². The van der Waals surface area contributed by atoms with Crippen LogP contribution in [0.1, 0.15) is 49.0 Å². The first kappa shape index (κ1) is 16.2. The van der Waals surface area contributed by atoms with Gasteiger partial charge in [0.15, 0.2) is 5.78 Å². The zero-order chi connectivity index (χ0) is 15.4. The first-order valence-corrected chi connectivity index (χ1v) is 7.89. The Morgan fingerprint density at radius 3 is 2.57 bits per heavy atom. The molecule has 1 fully saturated rings. The van der Waals surface area contributed by atoms with Gasteiger partial charge >= 0.3 is 0 Å². The summed E-state index contributed by atoms with van der Waals surface area (Å²) in [6, 6.07) is 8.04. The molecule has 3 heteroatoms. The topological polar surface area (TPSA) is 29.5 Å². The van der Waals surface area contributed by atoms with Gasteiger partial charge in [-0.3, -0.25) is 9.69 Å². The van der Waals surface area contributed by atoms with Gasteiger partial charge < -0.3 is 4.74 Å². The van der Waals surface area contributed by atoms with E-state index in [1.807, 2.05) is 12.1 Å². The summed E-state index contributed by atoms with van der Waals surface area (Å²) in [5.74, 6) is 1.28. The van der Waals surface area contributed by atoms with Crippen LogP contribution in [0.2, 0.25) is 0 Å². The maximum Gasteiger partial charge on any atom is 0.176 e. The molecular weight excluding hydrogens is 262 g/mol. The molecule has 0 bridgehead atoms. The van der Waals surface area contributed by atoms with E-state index >= 15 is 0 Å². The largest absolute Gasteiger partial charge is 0.380 e. The van der Waals surface area contributed by atoms with Gasteiger partial charge in [0.05, 0.1) is 12.6 Å². The maximum absolute atomic E-state index is 12.4. The van der Waals surface area contributed by atoms with Crippen LogP contribution in [0.5, 0.6) is 0 Å². The molecule has 1 aromatic carbocycles. The van der Waals surface area contributed by atoms with E-state index in [2.05, 4.69) is 37.8 Å². The minimum absolute atomic E-state index is 0.203. The van der Waals surface area contributed by atoms with Crippen molar-refractivity contribution in [3.63, 3.8) is 0 Å². The Morgan fingerprint density at radius 1 is 1.33 bits per heavy atom. The van der Waals surface area contributed by atoms with Gasteiger partial charge in [-0.15, -0.1) is 0 Å². The van der Waals surface area contributed by atoms with Gasteiger partial charge in [0.2, 0.25) is 0 Å². The summed E-state index contributed by atoms with van der Waals surface area (Å²) in [6.45, 7) is 8.88. The lowest BCUT2D eigenvalue weighted by molar-refractivity contribution is -0.00324. The second kappa shape index (κ2) is 7.19. The minimum Gasteiger partial charge on any atom is -0.380 e. The van der Waals surface area contributed by atoms with Crippen LogP contribution in [0.3, 0.4) is 0 Å². The van der Waals surface area contributed by atoms with E-state index in [4.69, 9.17) is 4.74 Å². The minimum atomic E-state index is 0.203. The number of piperidine rings is 1. The Balaban J connectivity index is 1.95. The van der Waals surface area contributed by atoms with Crippen LogP contribution in [-0.2, 0) is 4.74 Å². The number of benzene rings is 1. The molecule has 1 aliphatic rings. The highest BCUT2D eigenvalue weighted by Gasteiger charge is 2.27. The van der Waals surface area contributed by atoms with Gasteiger partial charge in [-0.1, -0.05) is 45.0 Å².